The van der Waals surface area contributed by atoms with Gasteiger partial charge in [-0.1, -0.05) is 23.7 Å². The second kappa shape index (κ2) is 7.29. The van der Waals surface area contributed by atoms with Gasteiger partial charge in [0.25, 0.3) is 0 Å². The lowest BCUT2D eigenvalue weighted by Crippen LogP contribution is -2.20. The number of nitrogens with one attached hydrogen (secondary N) is 1. The molecule has 3 aromatic rings. The lowest BCUT2D eigenvalue weighted by atomic mass is 9.83. The molecule has 6 nitrogen and oxygen atoms in total. The molecular weight excluding hydrogens is 376 g/mol. The fraction of sp³-hybridized carbons (Fsp3) is 0.143. The highest BCUT2D eigenvalue weighted by Crippen LogP contribution is 2.45. The Hall–Kier alpha value is -3.43. The van der Waals surface area contributed by atoms with Crippen LogP contribution in [-0.4, -0.2) is 16.8 Å². The van der Waals surface area contributed by atoms with Crippen LogP contribution in [-0.2, 0) is 0 Å². The van der Waals surface area contributed by atoms with E-state index in [9.17, 15) is 5.26 Å². The van der Waals surface area contributed by atoms with Crippen LogP contribution in [0.25, 0.3) is 11.3 Å². The first kappa shape index (κ1) is 18.0. The predicted octanol–water partition coefficient (Wildman–Crippen LogP) is 4.35. The van der Waals surface area contributed by atoms with E-state index in [2.05, 4.69) is 16.3 Å². The van der Waals surface area contributed by atoms with Gasteiger partial charge in [-0.3, -0.25) is 5.10 Å². The Labute approximate surface area is 167 Å². The van der Waals surface area contributed by atoms with Crippen molar-refractivity contribution >= 4 is 11.6 Å². The molecule has 1 aromatic heterocycles. The number of fused-ring (bicyclic) bond motifs is 1. The van der Waals surface area contributed by atoms with Crippen molar-refractivity contribution in [2.75, 3.05) is 6.61 Å². The number of nitrogens with two attached hydrogens (primary N) is 1. The molecule has 0 bridgehead atoms. The van der Waals surface area contributed by atoms with Gasteiger partial charge in [0, 0.05) is 10.6 Å². The van der Waals surface area contributed by atoms with Crippen molar-refractivity contribution in [2.45, 2.75) is 12.8 Å². The molecule has 0 unspecified atom stereocenters. The summed E-state index contributed by atoms with van der Waals surface area (Å²) in [6, 6.07) is 17.2. The molecule has 0 aliphatic carbocycles. The summed E-state index contributed by atoms with van der Waals surface area (Å²) in [6.45, 7) is 2.54. The summed E-state index contributed by atoms with van der Waals surface area (Å²) < 4.78 is 11.1. The van der Waals surface area contributed by atoms with Crippen molar-refractivity contribution in [3.8, 4) is 29.0 Å². The average Bonchev–Trinajstić information content (AvgIpc) is 3.12. The Morgan fingerprint density at radius 1 is 1.21 bits per heavy atom. The Balaban J connectivity index is 1.85. The van der Waals surface area contributed by atoms with Crippen molar-refractivity contribution in [3.05, 3.63) is 76.1 Å². The van der Waals surface area contributed by atoms with Crippen molar-refractivity contribution in [1.82, 2.24) is 10.2 Å². The summed E-state index contributed by atoms with van der Waals surface area (Å²) in [5.41, 5.74) is 9.64. The third-order valence-corrected chi connectivity index (χ3v) is 4.85. The van der Waals surface area contributed by atoms with E-state index >= 15 is 0 Å². The summed E-state index contributed by atoms with van der Waals surface area (Å²) in [4.78, 5) is 0. The molecule has 7 heteroatoms. The highest BCUT2D eigenvalue weighted by molar-refractivity contribution is 6.30. The standard InChI is InChI=1S/C21H17ClN4O2/c1-2-27-15-9-5-13(6-10-15)19-18-17(12-3-7-14(22)8-4-12)16(11-23)20(24)28-21(18)26-25-19/h3-10,17H,2,24H2,1H3,(H,25,26)/t17-/m1/s1. The minimum Gasteiger partial charge on any atom is -0.494 e. The number of nitriles is 1. The fourth-order valence-electron chi connectivity index (χ4n) is 3.34. The third-order valence-electron chi connectivity index (χ3n) is 4.60. The van der Waals surface area contributed by atoms with Crippen LogP contribution in [0.15, 0.2) is 60.0 Å². The molecule has 28 heavy (non-hydrogen) atoms. The summed E-state index contributed by atoms with van der Waals surface area (Å²) in [5, 5.41) is 17.6. The Morgan fingerprint density at radius 3 is 2.57 bits per heavy atom. The number of nitrogens with zero attached hydrogens (tertiary/aromatic N) is 2. The van der Waals surface area contributed by atoms with E-state index < -0.39 is 5.92 Å². The quantitative estimate of drug-likeness (QED) is 0.688. The molecule has 2 heterocycles. The average molecular weight is 393 g/mol. The molecule has 0 radical (unpaired) electrons. The number of rotatable bonds is 4. The van der Waals surface area contributed by atoms with Crippen LogP contribution in [0, 0.1) is 11.3 Å². The Morgan fingerprint density at radius 2 is 1.93 bits per heavy atom. The summed E-state index contributed by atoms with van der Waals surface area (Å²) in [5.74, 6) is 0.790. The molecule has 140 valence electrons. The van der Waals surface area contributed by atoms with Gasteiger partial charge in [-0.2, -0.15) is 5.26 Å². The summed E-state index contributed by atoms with van der Waals surface area (Å²) in [6.07, 6.45) is 0. The van der Waals surface area contributed by atoms with Crippen LogP contribution < -0.4 is 15.2 Å². The van der Waals surface area contributed by atoms with Gasteiger partial charge in [0.05, 0.1) is 23.8 Å². The molecule has 4 rings (SSSR count). The highest BCUT2D eigenvalue weighted by Gasteiger charge is 2.35. The molecule has 1 aliphatic rings. The number of hydrogen-bond donors (Lipinski definition) is 2. The van der Waals surface area contributed by atoms with Crippen molar-refractivity contribution in [2.24, 2.45) is 5.73 Å². The minimum atomic E-state index is -0.411. The van der Waals surface area contributed by atoms with Crippen LogP contribution in [0.3, 0.4) is 0 Å². The molecule has 0 amide bonds. The van der Waals surface area contributed by atoms with Gasteiger partial charge in [0.2, 0.25) is 11.8 Å². The maximum atomic E-state index is 9.73. The van der Waals surface area contributed by atoms with E-state index in [0.717, 1.165) is 28.1 Å². The number of benzene rings is 2. The second-order valence-corrected chi connectivity index (χ2v) is 6.69. The smallest absolute Gasteiger partial charge is 0.244 e. The summed E-state index contributed by atoms with van der Waals surface area (Å²) >= 11 is 6.04. The molecule has 1 aliphatic heterocycles. The highest BCUT2D eigenvalue weighted by atomic mass is 35.5. The molecule has 3 N–H and O–H groups in total. The molecule has 0 saturated carbocycles. The van der Waals surface area contributed by atoms with Gasteiger partial charge >= 0.3 is 0 Å². The van der Waals surface area contributed by atoms with Gasteiger partial charge in [0.1, 0.15) is 17.4 Å². The van der Waals surface area contributed by atoms with E-state index in [1.807, 2.05) is 43.3 Å². The fourth-order valence-corrected chi connectivity index (χ4v) is 3.46. The number of ether oxygens (including phenoxy) is 2. The zero-order chi connectivity index (χ0) is 19.7. The summed E-state index contributed by atoms with van der Waals surface area (Å²) in [7, 11) is 0. The number of halogens is 1. The first-order valence-corrected chi connectivity index (χ1v) is 9.14. The molecular formula is C21H17ClN4O2. The molecule has 1 atom stereocenters. The lowest BCUT2D eigenvalue weighted by Gasteiger charge is -2.24. The van der Waals surface area contributed by atoms with E-state index in [1.54, 1.807) is 12.1 Å². The van der Waals surface area contributed by atoms with Gasteiger partial charge in [-0.25, -0.2) is 0 Å². The second-order valence-electron chi connectivity index (χ2n) is 6.25. The largest absolute Gasteiger partial charge is 0.494 e. The number of hydrogen-bond acceptors (Lipinski definition) is 5. The van der Waals surface area contributed by atoms with Gasteiger partial charge in [-0.15, -0.1) is 5.10 Å². The van der Waals surface area contributed by atoms with Crippen LogP contribution in [0.4, 0.5) is 0 Å². The maximum absolute atomic E-state index is 9.73. The SMILES string of the molecule is CCOc1ccc(-c2[nH]nc3c2[C@H](c2ccc(Cl)cc2)C(C#N)=C(N)O3)cc1. The zero-order valence-corrected chi connectivity index (χ0v) is 15.8. The normalized spacial score (nSPS) is 15.5. The molecule has 2 aromatic carbocycles. The van der Waals surface area contributed by atoms with Crippen LogP contribution in [0.1, 0.15) is 24.0 Å². The van der Waals surface area contributed by atoms with Crippen molar-refractivity contribution < 1.29 is 9.47 Å². The molecule has 0 fully saturated rings. The van der Waals surface area contributed by atoms with E-state index in [1.165, 1.54) is 0 Å². The Kier molecular flexibility index (Phi) is 4.68. The Bertz CT molecular complexity index is 1080. The van der Waals surface area contributed by atoms with E-state index in [4.69, 9.17) is 26.8 Å². The lowest BCUT2D eigenvalue weighted by molar-refractivity contribution is 0.340. The van der Waals surface area contributed by atoms with E-state index in [0.29, 0.717) is 23.1 Å². The number of H-pyrrole nitrogens is 1. The first-order valence-electron chi connectivity index (χ1n) is 8.77. The van der Waals surface area contributed by atoms with Gasteiger partial charge in [-0.05, 0) is 48.9 Å². The zero-order valence-electron chi connectivity index (χ0n) is 15.1. The number of aromatic amines is 1. The maximum Gasteiger partial charge on any atom is 0.244 e. The first-order chi connectivity index (χ1) is 13.6. The number of allylic oxidation sites excluding steroid dienone is 1. The number of aromatic nitrogens is 2. The van der Waals surface area contributed by atoms with Gasteiger partial charge in [0.15, 0.2) is 0 Å². The third kappa shape index (κ3) is 3.06. The van der Waals surface area contributed by atoms with Crippen molar-refractivity contribution in [3.63, 3.8) is 0 Å². The van der Waals surface area contributed by atoms with E-state index in [-0.39, 0.29) is 5.88 Å². The topological polar surface area (TPSA) is 97.0 Å². The van der Waals surface area contributed by atoms with Crippen LogP contribution in [0.5, 0.6) is 11.6 Å². The monoisotopic (exact) mass is 392 g/mol. The minimum absolute atomic E-state index is 0.0553. The van der Waals surface area contributed by atoms with Gasteiger partial charge < -0.3 is 15.2 Å². The van der Waals surface area contributed by atoms with Crippen molar-refractivity contribution in [1.29, 1.82) is 5.26 Å². The molecule has 0 spiro atoms. The van der Waals surface area contributed by atoms with Crippen LogP contribution >= 0.6 is 11.6 Å². The van der Waals surface area contributed by atoms with Crippen LogP contribution in [0.2, 0.25) is 5.02 Å². The molecule has 0 saturated heterocycles. The predicted molar refractivity (Wildman–Crippen MR) is 106 cm³/mol.